The second kappa shape index (κ2) is 6.97. The summed E-state index contributed by atoms with van der Waals surface area (Å²) >= 11 is 0. The molecule has 0 N–H and O–H groups in total. The molecule has 0 saturated heterocycles. The molecule has 0 aliphatic carbocycles. The molecule has 0 fully saturated rings. The molecule has 2 rings (SSSR count). The van der Waals surface area contributed by atoms with E-state index < -0.39 is 0 Å². The molecule has 2 aromatic carbocycles. The summed E-state index contributed by atoms with van der Waals surface area (Å²) in [5.41, 5.74) is 6.55. The van der Waals surface area contributed by atoms with Gasteiger partial charge in [-0.2, -0.15) is 0 Å². The first-order valence-electron chi connectivity index (χ1n) is 7.42. The van der Waals surface area contributed by atoms with Gasteiger partial charge >= 0.3 is 0 Å². The lowest BCUT2D eigenvalue weighted by Gasteiger charge is -2.15. The quantitative estimate of drug-likeness (QED) is 0.609. The number of methoxy groups -OCH3 is 1. The maximum absolute atomic E-state index is 5.18. The van der Waals surface area contributed by atoms with E-state index in [0.29, 0.717) is 0 Å². The number of hydrogen-bond donors (Lipinski definition) is 0. The van der Waals surface area contributed by atoms with Crippen LogP contribution in [0.3, 0.4) is 0 Å². The van der Waals surface area contributed by atoms with Crippen LogP contribution >= 0.6 is 0 Å². The highest BCUT2D eigenvalue weighted by atomic mass is 16.5. The number of ether oxygens (including phenoxy) is 1. The Morgan fingerprint density at radius 1 is 0.696 bits per heavy atom. The molecule has 0 amide bonds. The monoisotopic (exact) mass is 302 g/mol. The standard InChI is InChI=1S/C22H22O/c1-15-7-9-20(10-8-15)18(4)16(2)17(3)19(5)21-11-13-22(23-6)14-12-21/h7-14H,2-5H2,1,6H3. The van der Waals surface area contributed by atoms with Crippen molar-refractivity contribution in [2.24, 2.45) is 0 Å². The Labute approximate surface area is 138 Å². The van der Waals surface area contributed by atoms with Crippen molar-refractivity contribution in [3.05, 3.63) is 103 Å². The molecular formula is C22H22O. The van der Waals surface area contributed by atoms with Gasteiger partial charge < -0.3 is 4.74 Å². The van der Waals surface area contributed by atoms with Crippen LogP contribution in [0, 0.1) is 6.92 Å². The Bertz CT molecular complexity index is 759. The Morgan fingerprint density at radius 2 is 1.09 bits per heavy atom. The minimum absolute atomic E-state index is 0.792. The highest BCUT2D eigenvalue weighted by molar-refractivity contribution is 5.92. The van der Waals surface area contributed by atoms with Crippen LogP contribution in [0.2, 0.25) is 0 Å². The Balaban J connectivity index is 2.17. The van der Waals surface area contributed by atoms with E-state index in [1.165, 1.54) is 5.56 Å². The fraction of sp³-hybridized carbons (Fsp3) is 0.0909. The average molecular weight is 302 g/mol. The molecule has 0 aromatic heterocycles. The van der Waals surface area contributed by atoms with Gasteiger partial charge in [0.15, 0.2) is 0 Å². The molecule has 0 radical (unpaired) electrons. The Morgan fingerprint density at radius 3 is 1.48 bits per heavy atom. The molecule has 0 aliphatic heterocycles. The first-order valence-corrected chi connectivity index (χ1v) is 7.42. The summed E-state index contributed by atoms with van der Waals surface area (Å²) < 4.78 is 5.18. The average Bonchev–Trinajstić information content (AvgIpc) is 2.60. The van der Waals surface area contributed by atoms with Crippen LogP contribution in [0.4, 0.5) is 0 Å². The van der Waals surface area contributed by atoms with Crippen LogP contribution in [-0.4, -0.2) is 7.11 Å². The van der Waals surface area contributed by atoms with Gasteiger partial charge in [-0.15, -0.1) is 0 Å². The van der Waals surface area contributed by atoms with E-state index in [1.54, 1.807) is 7.11 Å². The molecule has 0 bridgehead atoms. The summed E-state index contributed by atoms with van der Waals surface area (Å²) in [4.78, 5) is 0. The molecule has 0 aliphatic rings. The lowest BCUT2D eigenvalue weighted by atomic mass is 9.89. The van der Waals surface area contributed by atoms with Crippen molar-refractivity contribution < 1.29 is 4.74 Å². The third-order valence-electron chi connectivity index (χ3n) is 3.93. The molecule has 0 saturated carbocycles. The highest BCUT2D eigenvalue weighted by Crippen LogP contribution is 2.33. The Kier molecular flexibility index (Phi) is 5.02. The topological polar surface area (TPSA) is 9.23 Å². The van der Waals surface area contributed by atoms with Crippen LogP contribution in [0.15, 0.2) is 86.0 Å². The van der Waals surface area contributed by atoms with Crippen molar-refractivity contribution in [1.29, 1.82) is 0 Å². The lowest BCUT2D eigenvalue weighted by Crippen LogP contribution is -1.95. The van der Waals surface area contributed by atoms with Gasteiger partial charge in [-0.05, 0) is 52.5 Å². The lowest BCUT2D eigenvalue weighted by molar-refractivity contribution is 0.415. The summed E-state index contributed by atoms with van der Waals surface area (Å²) in [5.74, 6) is 0.815. The fourth-order valence-electron chi connectivity index (χ4n) is 2.26. The van der Waals surface area contributed by atoms with Crippen molar-refractivity contribution in [3.8, 4) is 5.75 Å². The SMILES string of the molecule is C=C(C(=C)C(=C)c1ccc(OC)cc1)C(=C)c1ccc(C)cc1. The van der Waals surface area contributed by atoms with Crippen molar-refractivity contribution in [3.63, 3.8) is 0 Å². The third-order valence-corrected chi connectivity index (χ3v) is 3.93. The van der Waals surface area contributed by atoms with E-state index >= 15 is 0 Å². The summed E-state index contributed by atoms with van der Waals surface area (Å²) in [6.45, 7) is 18.7. The largest absolute Gasteiger partial charge is 0.497 e. The molecular weight excluding hydrogens is 280 g/mol. The zero-order chi connectivity index (χ0) is 17.0. The van der Waals surface area contributed by atoms with E-state index in [1.807, 2.05) is 36.4 Å². The first kappa shape index (κ1) is 16.6. The number of benzene rings is 2. The van der Waals surface area contributed by atoms with Gasteiger partial charge in [-0.3, -0.25) is 0 Å². The predicted octanol–water partition coefficient (Wildman–Crippen LogP) is 5.84. The zero-order valence-electron chi connectivity index (χ0n) is 13.9. The number of aryl methyl sites for hydroxylation is 1. The van der Waals surface area contributed by atoms with Crippen molar-refractivity contribution in [1.82, 2.24) is 0 Å². The number of rotatable bonds is 6. The van der Waals surface area contributed by atoms with Gasteiger partial charge in [0.05, 0.1) is 7.11 Å². The smallest absolute Gasteiger partial charge is 0.118 e. The second-order valence-corrected chi connectivity index (χ2v) is 5.51. The van der Waals surface area contributed by atoms with Crippen molar-refractivity contribution in [2.45, 2.75) is 6.92 Å². The number of hydrogen-bond acceptors (Lipinski definition) is 1. The summed E-state index contributed by atoms with van der Waals surface area (Å²) in [7, 11) is 1.65. The zero-order valence-corrected chi connectivity index (χ0v) is 13.9. The maximum Gasteiger partial charge on any atom is 0.118 e. The second-order valence-electron chi connectivity index (χ2n) is 5.51. The van der Waals surface area contributed by atoms with E-state index in [2.05, 4.69) is 45.4 Å². The van der Waals surface area contributed by atoms with E-state index in [9.17, 15) is 0 Å². The molecule has 116 valence electrons. The summed E-state index contributed by atoms with van der Waals surface area (Å²) in [6, 6.07) is 16.0. The van der Waals surface area contributed by atoms with Gasteiger partial charge in [-0.1, -0.05) is 68.3 Å². The maximum atomic E-state index is 5.18. The number of allylic oxidation sites excluding steroid dienone is 4. The molecule has 0 unspecified atom stereocenters. The van der Waals surface area contributed by atoms with Crippen molar-refractivity contribution >= 4 is 11.1 Å². The van der Waals surface area contributed by atoms with Crippen LogP contribution in [-0.2, 0) is 0 Å². The van der Waals surface area contributed by atoms with Gasteiger partial charge in [0.2, 0.25) is 0 Å². The van der Waals surface area contributed by atoms with Crippen LogP contribution in [0.25, 0.3) is 11.1 Å². The van der Waals surface area contributed by atoms with Crippen molar-refractivity contribution in [2.75, 3.05) is 7.11 Å². The normalized spacial score (nSPS) is 10.0. The van der Waals surface area contributed by atoms with E-state index in [-0.39, 0.29) is 0 Å². The molecule has 1 heteroatoms. The first-order chi connectivity index (χ1) is 10.9. The minimum Gasteiger partial charge on any atom is -0.497 e. The molecule has 0 heterocycles. The van der Waals surface area contributed by atoms with Gasteiger partial charge in [0.25, 0.3) is 0 Å². The van der Waals surface area contributed by atoms with Gasteiger partial charge in [0, 0.05) is 0 Å². The minimum atomic E-state index is 0.792. The summed E-state index contributed by atoms with van der Waals surface area (Å²) in [6.07, 6.45) is 0. The van der Waals surface area contributed by atoms with Crippen LogP contribution in [0.1, 0.15) is 16.7 Å². The van der Waals surface area contributed by atoms with Crippen LogP contribution in [0.5, 0.6) is 5.75 Å². The van der Waals surface area contributed by atoms with Gasteiger partial charge in [-0.25, -0.2) is 0 Å². The summed E-state index contributed by atoms with van der Waals surface area (Å²) in [5, 5.41) is 0. The molecule has 23 heavy (non-hydrogen) atoms. The van der Waals surface area contributed by atoms with E-state index in [4.69, 9.17) is 4.74 Å². The molecule has 0 spiro atoms. The predicted molar refractivity (Wildman–Crippen MR) is 101 cm³/mol. The Hall–Kier alpha value is -2.80. The molecule has 1 nitrogen and oxygen atoms in total. The van der Waals surface area contributed by atoms with Gasteiger partial charge in [0.1, 0.15) is 5.75 Å². The third kappa shape index (κ3) is 3.70. The van der Waals surface area contributed by atoms with Crippen LogP contribution < -0.4 is 4.74 Å². The van der Waals surface area contributed by atoms with E-state index in [0.717, 1.165) is 39.2 Å². The highest BCUT2D eigenvalue weighted by Gasteiger charge is 2.11. The molecule has 2 aromatic rings. The fourth-order valence-corrected chi connectivity index (χ4v) is 2.26. The molecule has 0 atom stereocenters.